The molecule has 4 nitrogen and oxygen atoms in total. The fourth-order valence-electron chi connectivity index (χ4n) is 2.26. The third-order valence-corrected chi connectivity index (χ3v) is 5.26. The molecule has 1 N–H and O–H groups in total. The van der Waals surface area contributed by atoms with E-state index in [-0.39, 0.29) is 11.0 Å². The van der Waals surface area contributed by atoms with Crippen LogP contribution >= 0.6 is 0 Å². The number of nitrogens with zero attached hydrogens (tertiary/aromatic N) is 2. The highest BCUT2D eigenvalue weighted by Gasteiger charge is 2.19. The maximum Gasteiger partial charge on any atom is 0.135 e. The van der Waals surface area contributed by atoms with Crippen molar-refractivity contribution in [2.75, 3.05) is 13.6 Å². The van der Waals surface area contributed by atoms with Gasteiger partial charge in [0.05, 0.1) is 23.1 Å². The van der Waals surface area contributed by atoms with E-state index in [2.05, 4.69) is 11.6 Å². The Bertz CT molecular complexity index is 672. The molecule has 1 aromatic carbocycles. The number of likely N-dealkylation sites (N-methyl/N-ethyl adjacent to an activating group) is 1. The van der Waals surface area contributed by atoms with E-state index in [0.29, 0.717) is 12.2 Å². The van der Waals surface area contributed by atoms with E-state index in [0.717, 1.165) is 21.9 Å². The highest BCUT2D eigenvalue weighted by molar-refractivity contribution is 7.85. The van der Waals surface area contributed by atoms with Gasteiger partial charge in [-0.3, -0.25) is 4.21 Å². The lowest BCUT2D eigenvalue weighted by molar-refractivity contribution is 0.404. The van der Waals surface area contributed by atoms with Crippen LogP contribution in [0.25, 0.3) is 0 Å². The van der Waals surface area contributed by atoms with Gasteiger partial charge in [0.25, 0.3) is 0 Å². The molecule has 0 spiro atoms. The second kappa shape index (κ2) is 6.48. The van der Waals surface area contributed by atoms with Crippen molar-refractivity contribution in [3.63, 3.8) is 0 Å². The van der Waals surface area contributed by atoms with Gasteiger partial charge in [-0.05, 0) is 24.6 Å². The fraction of sp³-hybridized carbons (Fsp3) is 0.353. The quantitative estimate of drug-likeness (QED) is 0.867. The van der Waals surface area contributed by atoms with E-state index < -0.39 is 10.8 Å². The average molecular weight is 318 g/mol. The zero-order valence-corrected chi connectivity index (χ0v) is 14.3. The molecule has 0 radical (unpaired) electrons. The molecule has 118 valence electrons. The van der Waals surface area contributed by atoms with Crippen molar-refractivity contribution in [2.24, 2.45) is 4.99 Å². The topological polar surface area (TPSA) is 52.9 Å². The van der Waals surface area contributed by atoms with Crippen LogP contribution in [0.3, 0.4) is 0 Å². The molecular weight excluding hydrogens is 296 g/mol. The first-order valence-corrected chi connectivity index (χ1v) is 8.41. The summed E-state index contributed by atoms with van der Waals surface area (Å²) >= 11 is 0. The van der Waals surface area contributed by atoms with Gasteiger partial charge in [0, 0.05) is 22.9 Å². The molecule has 0 bridgehead atoms. The van der Waals surface area contributed by atoms with Crippen molar-refractivity contribution in [1.82, 2.24) is 4.90 Å². The van der Waals surface area contributed by atoms with Gasteiger partial charge in [-0.15, -0.1) is 0 Å². The number of aliphatic hydroxyl groups is 1. The first-order valence-electron chi connectivity index (χ1n) is 7.20. The summed E-state index contributed by atoms with van der Waals surface area (Å²) in [7, 11) is 0.964. The molecule has 5 heteroatoms. The Hall–Kier alpha value is -1.88. The fourth-order valence-corrected chi connectivity index (χ4v) is 3.21. The number of aliphatic hydroxyl groups excluding tert-OH is 1. The largest absolute Gasteiger partial charge is 0.506 e. The van der Waals surface area contributed by atoms with E-state index in [1.807, 2.05) is 57.0 Å². The predicted molar refractivity (Wildman–Crippen MR) is 91.6 cm³/mol. The normalized spacial score (nSPS) is 16.8. The van der Waals surface area contributed by atoms with E-state index >= 15 is 0 Å². The molecule has 1 aromatic rings. The Morgan fingerprint density at radius 3 is 2.45 bits per heavy atom. The first-order chi connectivity index (χ1) is 10.3. The summed E-state index contributed by atoms with van der Waals surface area (Å²) in [5.74, 6) is -0.0286. The van der Waals surface area contributed by atoms with Gasteiger partial charge in [-0.1, -0.05) is 32.6 Å². The zero-order valence-electron chi connectivity index (χ0n) is 13.5. The van der Waals surface area contributed by atoms with Crippen molar-refractivity contribution in [3.05, 3.63) is 53.6 Å². The predicted octanol–water partition coefficient (Wildman–Crippen LogP) is 3.24. The summed E-state index contributed by atoms with van der Waals surface area (Å²) in [6, 6.07) is 7.63. The van der Waals surface area contributed by atoms with Crippen molar-refractivity contribution < 1.29 is 9.32 Å². The summed E-state index contributed by atoms with van der Waals surface area (Å²) in [4.78, 5) is 7.37. The lowest BCUT2D eigenvalue weighted by atomic mass is 10.1. The number of hydrogen-bond acceptors (Lipinski definition) is 4. The molecule has 1 aliphatic rings. The van der Waals surface area contributed by atoms with Crippen LogP contribution in [-0.2, 0) is 10.8 Å². The number of allylic oxidation sites excluding steroid dienone is 1. The number of aliphatic imine (C=N–C) groups is 1. The average Bonchev–Trinajstić information content (AvgIpc) is 2.48. The van der Waals surface area contributed by atoms with Crippen LogP contribution in [0.2, 0.25) is 0 Å². The maximum atomic E-state index is 12.1. The summed E-state index contributed by atoms with van der Waals surface area (Å²) in [6.07, 6.45) is 0. The second-order valence-corrected chi connectivity index (χ2v) is 7.67. The van der Waals surface area contributed by atoms with Crippen LogP contribution in [0.15, 0.2) is 57.9 Å². The lowest BCUT2D eigenvalue weighted by Crippen LogP contribution is -2.30. The molecule has 1 aliphatic heterocycles. The van der Waals surface area contributed by atoms with Gasteiger partial charge in [0.15, 0.2) is 0 Å². The Balaban J connectivity index is 2.35. The summed E-state index contributed by atoms with van der Waals surface area (Å²) < 4.78 is 12.1. The molecule has 1 heterocycles. The van der Waals surface area contributed by atoms with Crippen molar-refractivity contribution in [1.29, 1.82) is 0 Å². The van der Waals surface area contributed by atoms with Crippen LogP contribution in [-0.4, -0.2) is 38.8 Å². The van der Waals surface area contributed by atoms with Gasteiger partial charge in [0.2, 0.25) is 0 Å². The van der Waals surface area contributed by atoms with E-state index in [4.69, 9.17) is 0 Å². The minimum absolute atomic E-state index is 0.0286. The SMILES string of the molecule is C=C(O)C1=C(C)N(C)CC(c2ccc(S(=O)C(C)C)cc2)=N1. The molecule has 0 saturated carbocycles. The number of rotatable bonds is 4. The van der Waals surface area contributed by atoms with Crippen LogP contribution in [0.5, 0.6) is 0 Å². The molecular formula is C17H22N2O2S. The van der Waals surface area contributed by atoms with Crippen LogP contribution in [0.4, 0.5) is 0 Å². The standard InChI is InChI=1S/C17H22N2O2S/c1-11(2)22(21)15-8-6-14(7-9-15)16-10-19(5)12(3)17(18-16)13(4)20/h6-9,11,20H,4,10H2,1-3,5H3. The zero-order chi connectivity index (χ0) is 16.4. The lowest BCUT2D eigenvalue weighted by Gasteiger charge is -2.27. The third kappa shape index (κ3) is 3.30. The van der Waals surface area contributed by atoms with Crippen LogP contribution < -0.4 is 0 Å². The van der Waals surface area contributed by atoms with Crippen molar-refractivity contribution in [2.45, 2.75) is 30.9 Å². The third-order valence-electron chi connectivity index (χ3n) is 3.67. The second-order valence-electron chi connectivity index (χ2n) is 5.67. The van der Waals surface area contributed by atoms with E-state index in [1.54, 1.807) is 0 Å². The highest BCUT2D eigenvalue weighted by Crippen LogP contribution is 2.23. The maximum absolute atomic E-state index is 12.1. The summed E-state index contributed by atoms with van der Waals surface area (Å²) in [6.45, 7) is 10.0. The van der Waals surface area contributed by atoms with Crippen molar-refractivity contribution >= 4 is 16.5 Å². The molecule has 22 heavy (non-hydrogen) atoms. The van der Waals surface area contributed by atoms with Crippen LogP contribution in [0.1, 0.15) is 26.3 Å². The van der Waals surface area contributed by atoms with Crippen LogP contribution in [0, 0.1) is 0 Å². The molecule has 1 unspecified atom stereocenters. The van der Waals surface area contributed by atoms with E-state index in [1.165, 1.54) is 0 Å². The molecule has 2 rings (SSSR count). The molecule has 0 saturated heterocycles. The van der Waals surface area contributed by atoms with Gasteiger partial charge >= 0.3 is 0 Å². The minimum Gasteiger partial charge on any atom is -0.506 e. The Morgan fingerprint density at radius 2 is 1.95 bits per heavy atom. The van der Waals surface area contributed by atoms with Gasteiger partial charge in [-0.2, -0.15) is 0 Å². The van der Waals surface area contributed by atoms with Gasteiger partial charge in [0.1, 0.15) is 11.5 Å². The number of benzene rings is 1. The van der Waals surface area contributed by atoms with Gasteiger partial charge in [-0.25, -0.2) is 4.99 Å². The Labute approximate surface area is 134 Å². The molecule has 0 amide bonds. The summed E-state index contributed by atoms with van der Waals surface area (Å²) in [5, 5.41) is 9.78. The van der Waals surface area contributed by atoms with E-state index in [9.17, 15) is 9.32 Å². The Morgan fingerprint density at radius 1 is 1.36 bits per heavy atom. The molecule has 0 aliphatic carbocycles. The monoisotopic (exact) mass is 318 g/mol. The highest BCUT2D eigenvalue weighted by atomic mass is 32.2. The Kier molecular flexibility index (Phi) is 4.86. The molecule has 0 fully saturated rings. The van der Waals surface area contributed by atoms with Gasteiger partial charge < -0.3 is 10.0 Å². The molecule has 0 aromatic heterocycles. The number of hydrogen-bond donors (Lipinski definition) is 1. The molecule has 1 atom stereocenters. The minimum atomic E-state index is -0.989. The first kappa shape index (κ1) is 16.5. The smallest absolute Gasteiger partial charge is 0.135 e. The van der Waals surface area contributed by atoms with Crippen molar-refractivity contribution in [3.8, 4) is 0 Å². The summed E-state index contributed by atoms with van der Waals surface area (Å²) in [5.41, 5.74) is 3.23.